The molecule has 2 bridgehead atoms. The molecule has 0 aromatic rings. The van der Waals surface area contributed by atoms with Crippen LogP contribution in [-0.2, 0) is 9.53 Å². The highest BCUT2D eigenvalue weighted by atomic mass is 16.5. The lowest BCUT2D eigenvalue weighted by atomic mass is 9.69. The number of esters is 1. The van der Waals surface area contributed by atoms with E-state index < -0.39 is 0 Å². The Hall–Kier alpha value is -1.05. The van der Waals surface area contributed by atoms with E-state index in [0.29, 0.717) is 6.61 Å². The van der Waals surface area contributed by atoms with E-state index in [4.69, 9.17) is 4.74 Å². The highest BCUT2D eigenvalue weighted by Crippen LogP contribution is 2.60. The molecular weight excluding hydrogens is 260 g/mol. The van der Waals surface area contributed by atoms with Crippen LogP contribution in [0, 0.1) is 23.2 Å². The summed E-state index contributed by atoms with van der Waals surface area (Å²) in [6.45, 7) is 13.2. The molecular formula is C19H30O2. The average Bonchev–Trinajstić information content (AvgIpc) is 2.98. The molecule has 118 valence electrons. The summed E-state index contributed by atoms with van der Waals surface area (Å²) >= 11 is 0. The van der Waals surface area contributed by atoms with Crippen molar-refractivity contribution in [1.29, 1.82) is 0 Å². The number of ether oxygens (including phenoxy) is 1. The van der Waals surface area contributed by atoms with Gasteiger partial charge in [-0.05, 0) is 62.2 Å². The van der Waals surface area contributed by atoms with E-state index in [1.165, 1.54) is 24.8 Å². The second-order valence-electron chi connectivity index (χ2n) is 7.22. The van der Waals surface area contributed by atoms with E-state index in [-0.39, 0.29) is 17.3 Å². The molecule has 0 aromatic carbocycles. The van der Waals surface area contributed by atoms with Crippen LogP contribution in [0.1, 0.15) is 59.8 Å². The van der Waals surface area contributed by atoms with Gasteiger partial charge in [-0.2, -0.15) is 0 Å². The van der Waals surface area contributed by atoms with Crippen LogP contribution in [-0.4, -0.2) is 12.6 Å². The first-order valence-corrected chi connectivity index (χ1v) is 8.46. The summed E-state index contributed by atoms with van der Waals surface area (Å²) in [5.41, 5.74) is 2.58. The SMILES string of the molecule is C=C1[C@@H]2CC[C@@H](C2)[C@@]1(C)CC/C=C(\C(=O)OCC)C(C)C. The molecule has 2 nitrogen and oxygen atoms in total. The summed E-state index contributed by atoms with van der Waals surface area (Å²) in [4.78, 5) is 12.0. The minimum absolute atomic E-state index is 0.149. The number of carbonyl (C=O) groups excluding carboxylic acids is 1. The number of hydrogen-bond donors (Lipinski definition) is 0. The predicted molar refractivity (Wildman–Crippen MR) is 86.9 cm³/mol. The summed E-state index contributed by atoms with van der Waals surface area (Å²) in [6.07, 6.45) is 8.21. The van der Waals surface area contributed by atoms with Crippen molar-refractivity contribution in [3.05, 3.63) is 23.8 Å². The number of hydrogen-bond acceptors (Lipinski definition) is 2. The van der Waals surface area contributed by atoms with Gasteiger partial charge in [0.15, 0.2) is 0 Å². The van der Waals surface area contributed by atoms with Gasteiger partial charge in [-0.3, -0.25) is 0 Å². The third-order valence-corrected chi connectivity index (χ3v) is 5.72. The standard InChI is InChI=1S/C19H30O2/c1-6-21-18(20)17(13(2)3)8-7-11-19(5)14(4)15-9-10-16(19)12-15/h8,13,15-16H,4,6-7,9-12H2,1-3,5H3/b17-8-/t15-,16+,19+/m1/s1. The summed E-state index contributed by atoms with van der Waals surface area (Å²) in [7, 11) is 0. The molecule has 0 amide bonds. The van der Waals surface area contributed by atoms with Gasteiger partial charge in [0, 0.05) is 5.57 Å². The minimum atomic E-state index is -0.149. The Morgan fingerprint density at radius 2 is 2.19 bits per heavy atom. The number of carbonyl (C=O) groups is 1. The number of fused-ring (bicyclic) bond motifs is 2. The molecule has 2 aliphatic rings. The van der Waals surface area contributed by atoms with Gasteiger partial charge in [0.25, 0.3) is 0 Å². The van der Waals surface area contributed by atoms with Crippen LogP contribution in [0.4, 0.5) is 0 Å². The highest BCUT2D eigenvalue weighted by molar-refractivity contribution is 5.88. The minimum Gasteiger partial charge on any atom is -0.463 e. The molecule has 0 aromatic heterocycles. The Labute approximate surface area is 129 Å². The van der Waals surface area contributed by atoms with Crippen molar-refractivity contribution in [2.45, 2.75) is 59.8 Å². The lowest BCUT2D eigenvalue weighted by molar-refractivity contribution is -0.139. The Bertz CT molecular complexity index is 446. The van der Waals surface area contributed by atoms with Crippen LogP contribution in [0.2, 0.25) is 0 Å². The van der Waals surface area contributed by atoms with E-state index in [9.17, 15) is 4.79 Å². The van der Waals surface area contributed by atoms with Gasteiger partial charge < -0.3 is 4.74 Å². The fourth-order valence-electron chi connectivity index (χ4n) is 4.27. The molecule has 2 rings (SSSR count). The molecule has 0 aliphatic heterocycles. The fraction of sp³-hybridized carbons (Fsp3) is 0.737. The monoisotopic (exact) mass is 290 g/mol. The van der Waals surface area contributed by atoms with Gasteiger partial charge in [0.1, 0.15) is 0 Å². The number of rotatable bonds is 6. The predicted octanol–water partition coefficient (Wildman–Crippen LogP) is 4.90. The third kappa shape index (κ3) is 3.09. The first-order chi connectivity index (χ1) is 9.90. The Kier molecular flexibility index (Phi) is 4.95. The molecule has 3 atom stereocenters. The normalized spacial score (nSPS) is 32.0. The third-order valence-electron chi connectivity index (χ3n) is 5.72. The topological polar surface area (TPSA) is 26.3 Å². The van der Waals surface area contributed by atoms with E-state index in [0.717, 1.165) is 30.3 Å². The summed E-state index contributed by atoms with van der Waals surface area (Å²) in [6, 6.07) is 0. The molecule has 0 saturated heterocycles. The van der Waals surface area contributed by atoms with E-state index >= 15 is 0 Å². The first-order valence-electron chi connectivity index (χ1n) is 8.46. The second-order valence-corrected chi connectivity index (χ2v) is 7.22. The lowest BCUT2D eigenvalue weighted by Gasteiger charge is -2.36. The number of allylic oxidation sites excluding steroid dienone is 2. The zero-order valence-electron chi connectivity index (χ0n) is 14.1. The lowest BCUT2D eigenvalue weighted by Crippen LogP contribution is -2.26. The van der Waals surface area contributed by atoms with Crippen molar-refractivity contribution >= 4 is 5.97 Å². The molecule has 0 unspecified atom stereocenters. The maximum absolute atomic E-state index is 12.0. The highest BCUT2D eigenvalue weighted by Gasteiger charge is 2.49. The van der Waals surface area contributed by atoms with Crippen molar-refractivity contribution in [3.63, 3.8) is 0 Å². The molecule has 21 heavy (non-hydrogen) atoms. The Morgan fingerprint density at radius 1 is 1.48 bits per heavy atom. The maximum atomic E-state index is 12.0. The van der Waals surface area contributed by atoms with Crippen molar-refractivity contribution in [1.82, 2.24) is 0 Å². The molecule has 0 N–H and O–H groups in total. The van der Waals surface area contributed by atoms with Crippen LogP contribution in [0.5, 0.6) is 0 Å². The van der Waals surface area contributed by atoms with Gasteiger partial charge in [0.2, 0.25) is 0 Å². The summed E-state index contributed by atoms with van der Waals surface area (Å²) in [5.74, 6) is 1.65. The van der Waals surface area contributed by atoms with Gasteiger partial charge in [-0.25, -0.2) is 4.79 Å². The van der Waals surface area contributed by atoms with Gasteiger partial charge in [-0.15, -0.1) is 0 Å². The van der Waals surface area contributed by atoms with Gasteiger partial charge in [0.05, 0.1) is 6.61 Å². The molecule has 2 fully saturated rings. The molecule has 0 radical (unpaired) electrons. The largest absolute Gasteiger partial charge is 0.463 e. The van der Waals surface area contributed by atoms with Crippen LogP contribution >= 0.6 is 0 Å². The zero-order chi connectivity index (χ0) is 15.6. The molecule has 2 heteroatoms. The van der Waals surface area contributed by atoms with Crippen molar-refractivity contribution < 1.29 is 9.53 Å². The van der Waals surface area contributed by atoms with E-state index in [1.54, 1.807) is 0 Å². The zero-order valence-corrected chi connectivity index (χ0v) is 14.1. The van der Waals surface area contributed by atoms with Crippen LogP contribution in [0.15, 0.2) is 23.8 Å². The summed E-state index contributed by atoms with van der Waals surface area (Å²) in [5, 5.41) is 0. The average molecular weight is 290 g/mol. The Morgan fingerprint density at radius 3 is 2.71 bits per heavy atom. The first kappa shape index (κ1) is 16.3. The smallest absolute Gasteiger partial charge is 0.333 e. The molecule has 2 aliphatic carbocycles. The van der Waals surface area contributed by atoms with E-state index in [2.05, 4.69) is 33.4 Å². The molecule has 2 saturated carbocycles. The maximum Gasteiger partial charge on any atom is 0.333 e. The second kappa shape index (κ2) is 6.37. The molecule has 0 spiro atoms. The van der Waals surface area contributed by atoms with Gasteiger partial charge in [-0.1, -0.05) is 39.0 Å². The van der Waals surface area contributed by atoms with E-state index in [1.807, 2.05) is 6.92 Å². The van der Waals surface area contributed by atoms with Crippen LogP contribution in [0.25, 0.3) is 0 Å². The fourth-order valence-corrected chi connectivity index (χ4v) is 4.27. The van der Waals surface area contributed by atoms with Crippen LogP contribution < -0.4 is 0 Å². The quantitative estimate of drug-likeness (QED) is 0.395. The van der Waals surface area contributed by atoms with Crippen LogP contribution in [0.3, 0.4) is 0 Å². The summed E-state index contributed by atoms with van der Waals surface area (Å²) < 4.78 is 5.16. The van der Waals surface area contributed by atoms with Crippen molar-refractivity contribution in [2.24, 2.45) is 23.2 Å². The van der Waals surface area contributed by atoms with Crippen molar-refractivity contribution in [3.8, 4) is 0 Å². The van der Waals surface area contributed by atoms with Crippen molar-refractivity contribution in [2.75, 3.05) is 6.61 Å². The molecule has 0 heterocycles. The Balaban J connectivity index is 2.00. The van der Waals surface area contributed by atoms with Gasteiger partial charge >= 0.3 is 5.97 Å².